The molecule has 31 heavy (non-hydrogen) atoms. The normalized spacial score (nSPS) is 13.8. The van der Waals surface area contributed by atoms with Gasteiger partial charge < -0.3 is 24.3 Å². The van der Waals surface area contributed by atoms with Crippen LogP contribution in [0.1, 0.15) is 75.7 Å². The number of nitrogens with one attached hydrogen (secondary N) is 1. The lowest BCUT2D eigenvalue weighted by molar-refractivity contribution is -0.169. The fraction of sp³-hybridized carbons (Fsp3) is 0.833. The molecule has 0 saturated heterocycles. The maximum absolute atomic E-state index is 12.7. The van der Waals surface area contributed by atoms with E-state index in [-0.39, 0.29) is 42.3 Å². The van der Waals surface area contributed by atoms with Crippen LogP contribution < -0.4 is 5.32 Å². The van der Waals surface area contributed by atoms with Crippen LogP contribution in [0.4, 0.5) is 0 Å². The molecule has 0 bridgehead atoms. The van der Waals surface area contributed by atoms with Gasteiger partial charge in [0, 0.05) is 12.2 Å². The van der Waals surface area contributed by atoms with Crippen LogP contribution in [0.2, 0.25) is 0 Å². The van der Waals surface area contributed by atoms with Crippen LogP contribution in [0.3, 0.4) is 0 Å². The van der Waals surface area contributed by atoms with Gasteiger partial charge in [-0.15, -0.1) is 0 Å². The summed E-state index contributed by atoms with van der Waals surface area (Å²) in [5, 5.41) is 2.76. The molecule has 1 N–H and O–H groups in total. The number of carbonyl (C=O) groups is 2. The van der Waals surface area contributed by atoms with Gasteiger partial charge in [0.05, 0.1) is 31.0 Å². The van der Waals surface area contributed by atoms with Gasteiger partial charge in [-0.25, -0.2) is 4.79 Å². The maximum Gasteiger partial charge on any atom is 0.333 e. The smallest absolute Gasteiger partial charge is 0.333 e. The van der Waals surface area contributed by atoms with Gasteiger partial charge in [0.15, 0.2) is 0 Å². The van der Waals surface area contributed by atoms with Crippen molar-refractivity contribution in [2.24, 2.45) is 5.41 Å². The van der Waals surface area contributed by atoms with Gasteiger partial charge in [0.1, 0.15) is 12.2 Å². The number of hydrogen-bond acceptors (Lipinski definition) is 6. The molecule has 0 spiro atoms. The van der Waals surface area contributed by atoms with E-state index in [0.29, 0.717) is 25.2 Å². The van der Waals surface area contributed by atoms with Crippen LogP contribution in [0.25, 0.3) is 0 Å². The zero-order valence-corrected chi connectivity index (χ0v) is 21.3. The predicted molar refractivity (Wildman–Crippen MR) is 123 cm³/mol. The number of carbonyl (C=O) groups excluding carboxylic acids is 2. The molecule has 0 aliphatic carbocycles. The van der Waals surface area contributed by atoms with E-state index in [1.807, 2.05) is 20.8 Å². The lowest BCUT2D eigenvalue weighted by Crippen LogP contribution is -2.50. The molecular weight excluding hydrogens is 398 g/mol. The molecule has 7 nitrogen and oxygen atoms in total. The quantitative estimate of drug-likeness (QED) is 0.234. The van der Waals surface area contributed by atoms with Crippen molar-refractivity contribution in [2.75, 3.05) is 26.4 Å². The topological polar surface area (TPSA) is 83.1 Å². The molecule has 0 saturated carbocycles. The Morgan fingerprint density at radius 2 is 1.65 bits per heavy atom. The van der Waals surface area contributed by atoms with Crippen molar-refractivity contribution in [1.82, 2.24) is 5.32 Å². The molecule has 0 heterocycles. The minimum atomic E-state index is -1.09. The Balaban J connectivity index is 5.11. The molecule has 0 radical (unpaired) electrons. The number of esters is 1. The van der Waals surface area contributed by atoms with E-state index in [4.69, 9.17) is 18.9 Å². The van der Waals surface area contributed by atoms with Gasteiger partial charge in [-0.1, -0.05) is 20.4 Å². The van der Waals surface area contributed by atoms with Crippen molar-refractivity contribution in [2.45, 2.75) is 99.1 Å². The summed E-state index contributed by atoms with van der Waals surface area (Å²) in [5.74, 6) is -0.759. The predicted octanol–water partition coefficient (Wildman–Crippen LogP) is 4.04. The van der Waals surface area contributed by atoms with E-state index < -0.39 is 11.6 Å². The highest BCUT2D eigenvalue weighted by Crippen LogP contribution is 2.39. The fourth-order valence-electron chi connectivity index (χ4n) is 2.92. The van der Waals surface area contributed by atoms with E-state index in [9.17, 15) is 9.59 Å². The highest BCUT2D eigenvalue weighted by molar-refractivity contribution is 5.87. The zero-order chi connectivity index (χ0) is 24.5. The number of rotatable bonds is 15. The summed E-state index contributed by atoms with van der Waals surface area (Å²) in [4.78, 5) is 24.2. The van der Waals surface area contributed by atoms with Crippen molar-refractivity contribution in [1.29, 1.82) is 0 Å². The summed E-state index contributed by atoms with van der Waals surface area (Å²) in [6, 6.07) is 0. The third-order valence-electron chi connectivity index (χ3n) is 5.47. The van der Waals surface area contributed by atoms with Gasteiger partial charge in [-0.2, -0.15) is 0 Å². The first-order chi connectivity index (χ1) is 14.1. The van der Waals surface area contributed by atoms with Gasteiger partial charge in [-0.3, -0.25) is 4.79 Å². The van der Waals surface area contributed by atoms with Crippen LogP contribution in [0, 0.1) is 5.41 Å². The Morgan fingerprint density at radius 1 is 1.06 bits per heavy atom. The lowest BCUT2D eigenvalue weighted by Gasteiger charge is -2.44. The van der Waals surface area contributed by atoms with Gasteiger partial charge in [-0.05, 0) is 67.2 Å². The Hall–Kier alpha value is -1.44. The molecule has 0 aliphatic rings. The first kappa shape index (κ1) is 29.6. The van der Waals surface area contributed by atoms with Crippen LogP contribution in [0.15, 0.2) is 12.2 Å². The van der Waals surface area contributed by atoms with Crippen molar-refractivity contribution < 1.29 is 28.5 Å². The Labute approximate surface area is 189 Å². The fourth-order valence-corrected chi connectivity index (χ4v) is 2.92. The van der Waals surface area contributed by atoms with Crippen LogP contribution in [-0.2, 0) is 28.5 Å². The molecule has 7 heteroatoms. The Bertz CT molecular complexity index is 595. The molecule has 0 aliphatic heterocycles. The molecule has 1 unspecified atom stereocenters. The van der Waals surface area contributed by atoms with E-state index in [1.54, 1.807) is 20.8 Å². The maximum atomic E-state index is 12.7. The summed E-state index contributed by atoms with van der Waals surface area (Å²) < 4.78 is 23.1. The standard InChI is InChI=1S/C24H45NO6/c1-12-30-24(10,11)22(6,7)15-19(16-29-18(4)5)31-23(8,9)21(27)25-13-14-28-20(26)17(2)3/h18-19H,2,12-16H2,1,3-11H3,(H,25,27). The lowest BCUT2D eigenvalue weighted by atomic mass is 9.73. The van der Waals surface area contributed by atoms with E-state index in [1.165, 1.54) is 0 Å². The summed E-state index contributed by atoms with van der Waals surface area (Å²) in [5.41, 5.74) is -1.37. The zero-order valence-electron chi connectivity index (χ0n) is 21.3. The minimum Gasteiger partial charge on any atom is -0.460 e. The molecule has 182 valence electrons. The summed E-state index contributed by atoms with van der Waals surface area (Å²) in [6.45, 7) is 24.1. The molecule has 1 atom stereocenters. The van der Waals surface area contributed by atoms with Gasteiger partial charge >= 0.3 is 5.97 Å². The van der Waals surface area contributed by atoms with Crippen LogP contribution in [-0.4, -0.2) is 61.7 Å². The molecule has 0 aromatic heterocycles. The van der Waals surface area contributed by atoms with Crippen molar-refractivity contribution >= 4 is 11.9 Å². The molecule has 0 rings (SSSR count). The third-order valence-corrected chi connectivity index (χ3v) is 5.47. The number of ether oxygens (including phenoxy) is 4. The highest BCUT2D eigenvalue weighted by Gasteiger charge is 2.42. The molecular formula is C24H45NO6. The van der Waals surface area contributed by atoms with Crippen molar-refractivity contribution in [3.63, 3.8) is 0 Å². The molecule has 0 aromatic rings. The average Bonchev–Trinajstić information content (AvgIpc) is 2.61. The van der Waals surface area contributed by atoms with E-state index >= 15 is 0 Å². The molecule has 1 amide bonds. The number of hydrogen-bond donors (Lipinski definition) is 1. The second-order valence-electron chi connectivity index (χ2n) is 9.84. The summed E-state index contributed by atoms with van der Waals surface area (Å²) in [6.07, 6.45) is 0.396. The van der Waals surface area contributed by atoms with E-state index in [0.717, 1.165) is 0 Å². The number of amides is 1. The minimum absolute atomic E-state index is 0.0501. The summed E-state index contributed by atoms with van der Waals surface area (Å²) >= 11 is 0. The highest BCUT2D eigenvalue weighted by atomic mass is 16.6. The third kappa shape index (κ3) is 10.6. The largest absolute Gasteiger partial charge is 0.460 e. The van der Waals surface area contributed by atoms with Crippen LogP contribution in [0.5, 0.6) is 0 Å². The molecule has 0 fully saturated rings. The van der Waals surface area contributed by atoms with Gasteiger partial charge in [0.2, 0.25) is 0 Å². The van der Waals surface area contributed by atoms with Gasteiger partial charge in [0.25, 0.3) is 5.91 Å². The van der Waals surface area contributed by atoms with E-state index in [2.05, 4.69) is 39.6 Å². The first-order valence-corrected chi connectivity index (χ1v) is 11.1. The summed E-state index contributed by atoms with van der Waals surface area (Å²) in [7, 11) is 0. The second kappa shape index (κ2) is 12.6. The van der Waals surface area contributed by atoms with Crippen LogP contribution >= 0.6 is 0 Å². The van der Waals surface area contributed by atoms with Crippen molar-refractivity contribution in [3.05, 3.63) is 12.2 Å². The monoisotopic (exact) mass is 443 g/mol. The Kier molecular flexibility index (Phi) is 12.0. The Morgan fingerprint density at radius 3 is 2.13 bits per heavy atom. The first-order valence-electron chi connectivity index (χ1n) is 11.1. The second-order valence-corrected chi connectivity index (χ2v) is 9.84. The van der Waals surface area contributed by atoms with Crippen molar-refractivity contribution in [3.8, 4) is 0 Å². The molecule has 0 aromatic carbocycles. The average molecular weight is 444 g/mol. The SMILES string of the molecule is C=C(C)C(=O)OCCNC(=O)C(C)(C)OC(COC(C)C)CC(C)(C)C(C)(C)OCC.